The lowest BCUT2D eigenvalue weighted by Crippen LogP contribution is -2.12. The molecule has 0 aliphatic heterocycles. The third-order valence-electron chi connectivity index (χ3n) is 3.62. The van der Waals surface area contributed by atoms with Crippen LogP contribution in [0, 0.1) is 0 Å². The first-order valence-corrected chi connectivity index (χ1v) is 8.37. The van der Waals surface area contributed by atoms with Crippen LogP contribution in [0.3, 0.4) is 0 Å². The number of hydrogen-bond donors (Lipinski definition) is 1. The van der Waals surface area contributed by atoms with E-state index in [0.29, 0.717) is 5.69 Å². The number of nitrogens with zero attached hydrogens (tertiary/aromatic N) is 1. The highest BCUT2D eigenvalue weighted by molar-refractivity contribution is 7.21. The fraction of sp³-hybridized carbons (Fsp3) is 0. The SMILES string of the molecule is O=C(Nc1cccc(-c2nc3ccccc3s2)c1)c1ccc(=O)oc1. The van der Waals surface area contributed by atoms with Gasteiger partial charge in [0, 0.05) is 17.3 Å². The Labute approximate surface area is 146 Å². The molecule has 0 bridgehead atoms. The number of carbonyl (C=O) groups is 1. The van der Waals surface area contributed by atoms with E-state index in [-0.39, 0.29) is 11.5 Å². The Bertz CT molecular complexity index is 1080. The molecular formula is C19H12N2O3S. The predicted molar refractivity (Wildman–Crippen MR) is 98.0 cm³/mol. The lowest BCUT2D eigenvalue weighted by Gasteiger charge is -2.06. The van der Waals surface area contributed by atoms with Crippen LogP contribution in [0.25, 0.3) is 20.8 Å². The van der Waals surface area contributed by atoms with Crippen LogP contribution < -0.4 is 10.9 Å². The van der Waals surface area contributed by atoms with Crippen molar-refractivity contribution in [1.29, 1.82) is 0 Å². The second kappa shape index (κ2) is 6.33. The second-order valence-corrected chi connectivity index (χ2v) is 6.40. The van der Waals surface area contributed by atoms with Crippen molar-refractivity contribution in [2.24, 2.45) is 0 Å². The van der Waals surface area contributed by atoms with E-state index < -0.39 is 5.63 Å². The molecule has 1 N–H and O–H groups in total. The molecule has 4 rings (SSSR count). The van der Waals surface area contributed by atoms with E-state index >= 15 is 0 Å². The minimum atomic E-state index is -0.491. The molecular weight excluding hydrogens is 336 g/mol. The normalized spacial score (nSPS) is 10.7. The van der Waals surface area contributed by atoms with E-state index in [0.717, 1.165) is 27.1 Å². The van der Waals surface area contributed by atoms with Crippen LogP contribution in [0.5, 0.6) is 0 Å². The molecule has 6 heteroatoms. The highest BCUT2D eigenvalue weighted by Crippen LogP contribution is 2.31. The van der Waals surface area contributed by atoms with Gasteiger partial charge in [-0.25, -0.2) is 9.78 Å². The standard InChI is InChI=1S/C19H12N2O3S/c22-17-9-8-13(11-24-17)18(23)20-14-5-3-4-12(10-14)19-21-15-6-1-2-7-16(15)25-19/h1-11H,(H,20,23). The maximum Gasteiger partial charge on any atom is 0.335 e. The number of aromatic nitrogens is 1. The largest absolute Gasteiger partial charge is 0.430 e. The van der Waals surface area contributed by atoms with Gasteiger partial charge in [0.2, 0.25) is 0 Å². The lowest BCUT2D eigenvalue weighted by atomic mass is 10.2. The highest BCUT2D eigenvalue weighted by atomic mass is 32.1. The summed E-state index contributed by atoms with van der Waals surface area (Å²) in [6, 6.07) is 18.1. The van der Waals surface area contributed by atoms with Gasteiger partial charge in [0.25, 0.3) is 5.91 Å². The van der Waals surface area contributed by atoms with Crippen LogP contribution in [0.4, 0.5) is 5.69 Å². The average Bonchev–Trinajstić information content (AvgIpc) is 3.07. The van der Waals surface area contributed by atoms with Crippen LogP contribution in [0.2, 0.25) is 0 Å². The molecule has 25 heavy (non-hydrogen) atoms. The molecule has 0 saturated heterocycles. The van der Waals surface area contributed by atoms with Crippen molar-refractivity contribution < 1.29 is 9.21 Å². The summed E-state index contributed by atoms with van der Waals surface area (Å²) in [5, 5.41) is 3.69. The quantitative estimate of drug-likeness (QED) is 0.603. The predicted octanol–water partition coefficient (Wildman–Crippen LogP) is 4.17. The van der Waals surface area contributed by atoms with Crippen LogP contribution in [-0.4, -0.2) is 10.9 Å². The van der Waals surface area contributed by atoms with E-state index in [1.807, 2.05) is 42.5 Å². The number of nitrogens with one attached hydrogen (secondary N) is 1. The average molecular weight is 348 g/mol. The summed E-state index contributed by atoms with van der Waals surface area (Å²) in [7, 11) is 0. The molecule has 2 heterocycles. The molecule has 1 amide bonds. The van der Waals surface area contributed by atoms with Crippen molar-refractivity contribution in [3.63, 3.8) is 0 Å². The fourth-order valence-electron chi connectivity index (χ4n) is 2.42. The molecule has 4 aromatic rings. The first-order chi connectivity index (χ1) is 12.2. The molecule has 0 radical (unpaired) electrons. The molecule has 2 aromatic heterocycles. The molecule has 0 unspecified atom stereocenters. The number of hydrogen-bond acceptors (Lipinski definition) is 5. The van der Waals surface area contributed by atoms with Gasteiger partial charge < -0.3 is 9.73 Å². The number of fused-ring (bicyclic) bond motifs is 1. The zero-order valence-electron chi connectivity index (χ0n) is 12.9. The highest BCUT2D eigenvalue weighted by Gasteiger charge is 2.10. The van der Waals surface area contributed by atoms with E-state index in [1.54, 1.807) is 17.4 Å². The Morgan fingerprint density at radius 3 is 2.72 bits per heavy atom. The van der Waals surface area contributed by atoms with Crippen molar-refractivity contribution in [3.8, 4) is 10.6 Å². The van der Waals surface area contributed by atoms with Crippen molar-refractivity contribution in [2.75, 3.05) is 5.32 Å². The van der Waals surface area contributed by atoms with Crippen molar-refractivity contribution in [1.82, 2.24) is 4.98 Å². The minimum absolute atomic E-state index is 0.282. The smallest absolute Gasteiger partial charge is 0.335 e. The monoisotopic (exact) mass is 348 g/mol. The summed E-state index contributed by atoms with van der Waals surface area (Å²) in [5.41, 5.74) is 2.32. The molecule has 0 spiro atoms. The summed E-state index contributed by atoms with van der Waals surface area (Å²) in [6.45, 7) is 0. The molecule has 0 aliphatic carbocycles. The third kappa shape index (κ3) is 3.20. The van der Waals surface area contributed by atoms with E-state index in [4.69, 9.17) is 4.42 Å². The van der Waals surface area contributed by atoms with Gasteiger partial charge in [0.05, 0.1) is 15.8 Å². The van der Waals surface area contributed by atoms with Crippen LogP contribution in [0.15, 0.2) is 76.1 Å². The lowest BCUT2D eigenvalue weighted by molar-refractivity contribution is 0.102. The third-order valence-corrected chi connectivity index (χ3v) is 4.71. The molecule has 0 atom stereocenters. The number of thiazole rings is 1. The number of rotatable bonds is 3. The molecule has 0 saturated carbocycles. The summed E-state index contributed by atoms with van der Waals surface area (Å²) in [6.07, 6.45) is 1.15. The minimum Gasteiger partial charge on any atom is -0.430 e. The summed E-state index contributed by atoms with van der Waals surface area (Å²) >= 11 is 1.60. The number of amides is 1. The van der Waals surface area contributed by atoms with Crippen LogP contribution >= 0.6 is 11.3 Å². The molecule has 122 valence electrons. The number of benzene rings is 2. The van der Waals surface area contributed by atoms with Gasteiger partial charge in [0.1, 0.15) is 11.3 Å². The zero-order chi connectivity index (χ0) is 17.2. The number of para-hydroxylation sites is 1. The zero-order valence-corrected chi connectivity index (χ0v) is 13.7. The van der Waals surface area contributed by atoms with Crippen LogP contribution in [-0.2, 0) is 0 Å². The van der Waals surface area contributed by atoms with Crippen molar-refractivity contribution >= 4 is 33.1 Å². The Morgan fingerprint density at radius 2 is 1.92 bits per heavy atom. The van der Waals surface area contributed by atoms with Gasteiger partial charge >= 0.3 is 5.63 Å². The maximum absolute atomic E-state index is 12.2. The van der Waals surface area contributed by atoms with E-state index in [2.05, 4.69) is 10.3 Å². The molecule has 5 nitrogen and oxygen atoms in total. The van der Waals surface area contributed by atoms with Gasteiger partial charge in [-0.2, -0.15) is 0 Å². The Kier molecular flexibility index (Phi) is 3.87. The van der Waals surface area contributed by atoms with Gasteiger partial charge in [-0.15, -0.1) is 11.3 Å². The van der Waals surface area contributed by atoms with Gasteiger partial charge in [-0.05, 0) is 30.3 Å². The number of anilines is 1. The van der Waals surface area contributed by atoms with Gasteiger partial charge in [0.15, 0.2) is 0 Å². The summed E-state index contributed by atoms with van der Waals surface area (Å²) in [5.74, 6) is -0.342. The molecule has 2 aromatic carbocycles. The van der Waals surface area contributed by atoms with Crippen LogP contribution in [0.1, 0.15) is 10.4 Å². The fourth-order valence-corrected chi connectivity index (χ4v) is 3.38. The summed E-state index contributed by atoms with van der Waals surface area (Å²) < 4.78 is 5.84. The maximum atomic E-state index is 12.2. The van der Waals surface area contributed by atoms with E-state index in [1.165, 1.54) is 12.1 Å². The Balaban J connectivity index is 1.61. The Hall–Kier alpha value is -3.25. The van der Waals surface area contributed by atoms with Gasteiger partial charge in [-0.3, -0.25) is 4.79 Å². The van der Waals surface area contributed by atoms with Gasteiger partial charge in [-0.1, -0.05) is 24.3 Å². The first kappa shape index (κ1) is 15.3. The second-order valence-electron chi connectivity index (χ2n) is 5.37. The topological polar surface area (TPSA) is 72.2 Å². The van der Waals surface area contributed by atoms with Crippen molar-refractivity contribution in [3.05, 3.63) is 82.9 Å². The first-order valence-electron chi connectivity index (χ1n) is 7.55. The van der Waals surface area contributed by atoms with Crippen molar-refractivity contribution in [2.45, 2.75) is 0 Å². The number of carbonyl (C=O) groups excluding carboxylic acids is 1. The summed E-state index contributed by atoms with van der Waals surface area (Å²) in [4.78, 5) is 27.8. The van der Waals surface area contributed by atoms with E-state index in [9.17, 15) is 9.59 Å². The molecule has 0 fully saturated rings. The molecule has 0 aliphatic rings. The Morgan fingerprint density at radius 1 is 1.04 bits per heavy atom.